The Morgan fingerprint density at radius 3 is 2.62 bits per heavy atom. The van der Waals surface area contributed by atoms with Gasteiger partial charge < -0.3 is 24.6 Å². The third-order valence-electron chi connectivity index (χ3n) is 5.18. The van der Waals surface area contributed by atoms with Crippen molar-refractivity contribution >= 4 is 29.1 Å². The summed E-state index contributed by atoms with van der Waals surface area (Å²) < 4.78 is 10.9. The van der Waals surface area contributed by atoms with Gasteiger partial charge in [-0.1, -0.05) is 30.7 Å². The molecule has 0 radical (unpaired) electrons. The minimum absolute atomic E-state index is 0.0116. The third-order valence-corrected chi connectivity index (χ3v) is 5.51. The average molecular weight is 460 g/mol. The molecule has 0 saturated carbocycles. The molecule has 1 unspecified atom stereocenters. The van der Waals surface area contributed by atoms with E-state index in [4.69, 9.17) is 26.2 Å². The van der Waals surface area contributed by atoms with Crippen molar-refractivity contribution in [3.63, 3.8) is 0 Å². The van der Waals surface area contributed by atoms with E-state index in [1.807, 2.05) is 6.92 Å². The van der Waals surface area contributed by atoms with Crippen LogP contribution in [0.2, 0.25) is 5.02 Å². The fraction of sp³-hybridized carbons (Fsp3) is 0.333. The third kappa shape index (κ3) is 4.74. The van der Waals surface area contributed by atoms with Gasteiger partial charge in [-0.25, -0.2) is 0 Å². The van der Waals surface area contributed by atoms with Gasteiger partial charge in [0.25, 0.3) is 11.7 Å². The first-order valence-electron chi connectivity index (χ1n) is 10.4. The van der Waals surface area contributed by atoms with E-state index in [1.165, 1.54) is 18.1 Å². The quantitative estimate of drug-likeness (QED) is 0.255. The summed E-state index contributed by atoms with van der Waals surface area (Å²) in [6, 6.07) is 11.0. The van der Waals surface area contributed by atoms with Gasteiger partial charge in [0.05, 0.1) is 30.4 Å². The lowest BCUT2D eigenvalue weighted by Gasteiger charge is -2.25. The number of aliphatic hydroxyl groups excluding tert-OH is 2. The van der Waals surface area contributed by atoms with E-state index in [0.29, 0.717) is 43.1 Å². The van der Waals surface area contributed by atoms with Crippen LogP contribution in [0.25, 0.3) is 5.76 Å². The number of halogens is 1. The van der Waals surface area contributed by atoms with E-state index in [9.17, 15) is 14.7 Å². The number of methoxy groups -OCH3 is 1. The summed E-state index contributed by atoms with van der Waals surface area (Å²) in [6.07, 6.45) is 1.11. The molecule has 0 aromatic heterocycles. The van der Waals surface area contributed by atoms with Gasteiger partial charge in [0.15, 0.2) is 0 Å². The van der Waals surface area contributed by atoms with Crippen molar-refractivity contribution in [3.05, 3.63) is 64.2 Å². The van der Waals surface area contributed by atoms with Crippen LogP contribution >= 0.6 is 11.6 Å². The minimum Gasteiger partial charge on any atom is -0.507 e. The first kappa shape index (κ1) is 23.6. The number of hydrogen-bond donors (Lipinski definition) is 2. The molecule has 2 N–H and O–H groups in total. The Morgan fingerprint density at radius 1 is 1.16 bits per heavy atom. The zero-order valence-electron chi connectivity index (χ0n) is 18.0. The normalized spacial score (nSPS) is 17.6. The molecule has 7 nitrogen and oxygen atoms in total. The first-order valence-corrected chi connectivity index (χ1v) is 10.8. The summed E-state index contributed by atoms with van der Waals surface area (Å²) >= 11 is 6.30. The van der Waals surface area contributed by atoms with Gasteiger partial charge in [-0.3, -0.25) is 9.59 Å². The van der Waals surface area contributed by atoms with E-state index >= 15 is 0 Å². The molecule has 1 fully saturated rings. The molecule has 1 heterocycles. The zero-order chi connectivity index (χ0) is 23.3. The molecule has 32 heavy (non-hydrogen) atoms. The number of carbonyl (C=O) groups excluding carboxylic acids is 2. The van der Waals surface area contributed by atoms with Crippen molar-refractivity contribution in [1.29, 1.82) is 0 Å². The van der Waals surface area contributed by atoms with Gasteiger partial charge >= 0.3 is 0 Å². The summed E-state index contributed by atoms with van der Waals surface area (Å²) in [5, 5.41) is 20.3. The number of ether oxygens (including phenoxy) is 2. The molecule has 1 aliphatic rings. The molecule has 2 aromatic carbocycles. The fourth-order valence-corrected chi connectivity index (χ4v) is 3.89. The molecule has 8 heteroatoms. The molecular formula is C24H26ClNO6. The van der Waals surface area contributed by atoms with Crippen molar-refractivity contribution in [1.82, 2.24) is 4.90 Å². The summed E-state index contributed by atoms with van der Waals surface area (Å²) in [4.78, 5) is 27.3. The van der Waals surface area contributed by atoms with Gasteiger partial charge in [0.1, 0.15) is 17.3 Å². The lowest BCUT2D eigenvalue weighted by molar-refractivity contribution is -0.139. The largest absolute Gasteiger partial charge is 0.507 e. The first-order chi connectivity index (χ1) is 15.4. The predicted octanol–water partition coefficient (Wildman–Crippen LogP) is 3.94. The van der Waals surface area contributed by atoms with Crippen molar-refractivity contribution in [2.75, 3.05) is 26.9 Å². The van der Waals surface area contributed by atoms with Crippen LogP contribution in [0.4, 0.5) is 0 Å². The predicted molar refractivity (Wildman–Crippen MR) is 121 cm³/mol. The molecule has 0 spiro atoms. The SMILES string of the molecule is CCCN1C(=O)C(=O)/C(=C(/O)c2cc(OC)ccc2Cl)C1c1cccc(OCCCO)c1. The van der Waals surface area contributed by atoms with Gasteiger partial charge in [-0.2, -0.15) is 0 Å². The fourth-order valence-electron chi connectivity index (χ4n) is 3.68. The number of Topliss-reactive ketones (excluding diaryl/α,β-unsaturated/α-hetero) is 1. The molecule has 2 aromatic rings. The van der Waals surface area contributed by atoms with Crippen LogP contribution < -0.4 is 9.47 Å². The lowest BCUT2D eigenvalue weighted by Crippen LogP contribution is -2.30. The maximum absolute atomic E-state index is 13.0. The van der Waals surface area contributed by atoms with E-state index in [1.54, 1.807) is 36.4 Å². The number of carbonyl (C=O) groups is 2. The number of ketones is 1. The van der Waals surface area contributed by atoms with Gasteiger partial charge in [-0.15, -0.1) is 0 Å². The summed E-state index contributed by atoms with van der Waals surface area (Å²) in [7, 11) is 1.48. The van der Waals surface area contributed by atoms with Crippen molar-refractivity contribution in [2.45, 2.75) is 25.8 Å². The molecule has 1 aliphatic heterocycles. The second-order valence-corrected chi connectivity index (χ2v) is 7.74. The van der Waals surface area contributed by atoms with Crippen LogP contribution in [0.1, 0.15) is 36.9 Å². The Bertz CT molecular complexity index is 1030. The highest BCUT2D eigenvalue weighted by Crippen LogP contribution is 2.41. The highest BCUT2D eigenvalue weighted by atomic mass is 35.5. The Labute approximate surface area is 191 Å². The van der Waals surface area contributed by atoms with Crippen LogP contribution in [0.5, 0.6) is 11.5 Å². The molecule has 0 aliphatic carbocycles. The molecule has 3 rings (SSSR count). The lowest BCUT2D eigenvalue weighted by atomic mass is 9.95. The van der Waals surface area contributed by atoms with Crippen LogP contribution in [0, 0.1) is 0 Å². The Kier molecular flexibility index (Phi) is 7.77. The minimum atomic E-state index is -0.793. The summed E-state index contributed by atoms with van der Waals surface area (Å²) in [5.41, 5.74) is 0.798. The zero-order valence-corrected chi connectivity index (χ0v) is 18.8. The molecule has 1 atom stereocenters. The molecule has 1 amide bonds. The van der Waals surface area contributed by atoms with Crippen molar-refractivity contribution in [3.8, 4) is 11.5 Å². The number of amides is 1. The molecule has 1 saturated heterocycles. The van der Waals surface area contributed by atoms with E-state index < -0.39 is 17.7 Å². The highest BCUT2D eigenvalue weighted by molar-refractivity contribution is 6.47. The Morgan fingerprint density at radius 2 is 1.94 bits per heavy atom. The van der Waals surface area contributed by atoms with Gasteiger partial charge in [0, 0.05) is 25.1 Å². The number of rotatable bonds is 9. The van der Waals surface area contributed by atoms with Crippen LogP contribution in [-0.4, -0.2) is 53.7 Å². The van der Waals surface area contributed by atoms with E-state index in [2.05, 4.69) is 0 Å². The average Bonchev–Trinajstić information content (AvgIpc) is 3.04. The summed E-state index contributed by atoms with van der Waals surface area (Å²) in [5.74, 6) is -0.815. The van der Waals surface area contributed by atoms with Crippen LogP contribution in [0.15, 0.2) is 48.0 Å². The number of hydrogen-bond acceptors (Lipinski definition) is 6. The monoisotopic (exact) mass is 459 g/mol. The standard InChI is InChI=1S/C24H26ClNO6/c1-3-10-26-21(15-6-4-7-17(13-15)32-12-5-11-27)20(23(29)24(26)30)22(28)18-14-16(31-2)8-9-19(18)25/h4,6-9,13-14,21,27-28H,3,5,10-12H2,1-2H3/b22-20+. The number of benzene rings is 2. The summed E-state index contributed by atoms with van der Waals surface area (Å²) in [6.45, 7) is 2.59. The second kappa shape index (κ2) is 10.5. The maximum Gasteiger partial charge on any atom is 0.295 e. The highest BCUT2D eigenvalue weighted by Gasteiger charge is 2.46. The van der Waals surface area contributed by atoms with Crippen molar-refractivity contribution < 1.29 is 29.3 Å². The molecule has 0 bridgehead atoms. The molecular weight excluding hydrogens is 434 g/mol. The van der Waals surface area contributed by atoms with Gasteiger partial charge in [-0.05, 0) is 42.3 Å². The topological polar surface area (TPSA) is 96.3 Å². The Balaban J connectivity index is 2.14. The number of aliphatic hydroxyl groups is 2. The van der Waals surface area contributed by atoms with Gasteiger partial charge in [0.2, 0.25) is 0 Å². The second-order valence-electron chi connectivity index (χ2n) is 7.34. The van der Waals surface area contributed by atoms with E-state index in [0.717, 1.165) is 0 Å². The molecule has 170 valence electrons. The number of nitrogens with zero attached hydrogens (tertiary/aromatic N) is 1. The van der Waals surface area contributed by atoms with Crippen LogP contribution in [-0.2, 0) is 9.59 Å². The maximum atomic E-state index is 13.0. The number of likely N-dealkylation sites (tertiary alicyclic amines) is 1. The smallest absolute Gasteiger partial charge is 0.295 e. The van der Waals surface area contributed by atoms with Crippen LogP contribution in [0.3, 0.4) is 0 Å². The Hall–Kier alpha value is -3.03. The van der Waals surface area contributed by atoms with Crippen molar-refractivity contribution in [2.24, 2.45) is 0 Å². The van der Waals surface area contributed by atoms with E-state index in [-0.39, 0.29) is 28.5 Å².